The average Bonchev–Trinajstić information content (AvgIpc) is 3.02. The van der Waals surface area contributed by atoms with E-state index < -0.39 is 0 Å². The van der Waals surface area contributed by atoms with Crippen molar-refractivity contribution in [2.75, 3.05) is 5.33 Å². The molecule has 2 aliphatic rings. The van der Waals surface area contributed by atoms with Crippen LogP contribution in [0, 0.1) is 17.3 Å². The number of halogens is 1. The zero-order chi connectivity index (χ0) is 11.9. The van der Waals surface area contributed by atoms with Crippen LogP contribution in [0.1, 0.15) is 37.9 Å². The van der Waals surface area contributed by atoms with Crippen molar-refractivity contribution >= 4 is 15.9 Å². The molecule has 2 fully saturated rings. The number of hydrogen-bond donors (Lipinski definition) is 0. The first-order valence-corrected chi connectivity index (χ1v) is 7.88. The molecule has 0 radical (unpaired) electrons. The quantitative estimate of drug-likeness (QED) is 0.777. The summed E-state index contributed by atoms with van der Waals surface area (Å²) in [6.07, 6.45) is 12.3. The number of fused-ring (bicyclic) bond motifs is 2. The maximum absolute atomic E-state index is 4.45. The average molecular weight is 297 g/mol. The van der Waals surface area contributed by atoms with E-state index in [0.29, 0.717) is 5.41 Å². The maximum atomic E-state index is 4.45. The van der Waals surface area contributed by atoms with Crippen LogP contribution in [0.4, 0.5) is 0 Å². The van der Waals surface area contributed by atoms with Crippen LogP contribution in [-0.4, -0.2) is 14.9 Å². The van der Waals surface area contributed by atoms with Crippen molar-refractivity contribution in [2.45, 2.75) is 38.5 Å². The van der Waals surface area contributed by atoms with E-state index in [0.717, 1.165) is 18.3 Å². The Morgan fingerprint density at radius 1 is 1.53 bits per heavy atom. The summed E-state index contributed by atoms with van der Waals surface area (Å²) in [6, 6.07) is 0. The first-order valence-electron chi connectivity index (χ1n) is 6.76. The third-order valence-electron chi connectivity index (χ3n) is 5.14. The Kier molecular flexibility index (Phi) is 3.06. The van der Waals surface area contributed by atoms with Gasteiger partial charge in [-0.05, 0) is 42.9 Å². The van der Waals surface area contributed by atoms with E-state index in [4.69, 9.17) is 0 Å². The Bertz CT molecular complexity index is 401. The Balaban J connectivity index is 1.69. The van der Waals surface area contributed by atoms with Crippen LogP contribution < -0.4 is 0 Å². The highest BCUT2D eigenvalue weighted by atomic mass is 79.9. The lowest BCUT2D eigenvalue weighted by Gasteiger charge is -2.36. The number of nitrogens with zero attached hydrogens (tertiary/aromatic N) is 2. The normalized spacial score (nSPS) is 35.6. The van der Waals surface area contributed by atoms with Gasteiger partial charge in [0, 0.05) is 31.2 Å². The number of aryl methyl sites for hydroxylation is 2. The van der Waals surface area contributed by atoms with Crippen LogP contribution in [0.2, 0.25) is 0 Å². The van der Waals surface area contributed by atoms with E-state index >= 15 is 0 Å². The Hall–Kier alpha value is -0.310. The van der Waals surface area contributed by atoms with Crippen LogP contribution in [0.5, 0.6) is 0 Å². The van der Waals surface area contributed by atoms with Gasteiger partial charge in [0.2, 0.25) is 0 Å². The fraction of sp³-hybridized carbons (Fsp3) is 0.786. The highest BCUT2D eigenvalue weighted by molar-refractivity contribution is 9.09. The van der Waals surface area contributed by atoms with Gasteiger partial charge >= 0.3 is 0 Å². The Morgan fingerprint density at radius 2 is 2.41 bits per heavy atom. The van der Waals surface area contributed by atoms with E-state index in [-0.39, 0.29) is 0 Å². The lowest BCUT2D eigenvalue weighted by Crippen LogP contribution is -2.30. The predicted molar refractivity (Wildman–Crippen MR) is 73.2 cm³/mol. The molecule has 17 heavy (non-hydrogen) atoms. The lowest BCUT2D eigenvalue weighted by molar-refractivity contribution is 0.180. The third kappa shape index (κ3) is 1.96. The molecule has 3 atom stereocenters. The van der Waals surface area contributed by atoms with Crippen molar-refractivity contribution in [1.29, 1.82) is 0 Å². The van der Waals surface area contributed by atoms with Gasteiger partial charge in [-0.1, -0.05) is 22.4 Å². The molecule has 0 aromatic carbocycles. The molecule has 2 aliphatic carbocycles. The van der Waals surface area contributed by atoms with Gasteiger partial charge in [-0.3, -0.25) is 0 Å². The van der Waals surface area contributed by atoms with E-state index in [1.165, 1.54) is 43.3 Å². The summed E-state index contributed by atoms with van der Waals surface area (Å²) in [5, 5.41) is 1.19. The molecule has 0 aliphatic heterocycles. The molecule has 0 N–H and O–H groups in total. The molecule has 0 saturated heterocycles. The van der Waals surface area contributed by atoms with Crippen molar-refractivity contribution in [3.05, 3.63) is 18.2 Å². The van der Waals surface area contributed by atoms with E-state index in [9.17, 15) is 0 Å². The smallest absolute Gasteiger partial charge is 0.108 e. The Labute approximate surface area is 112 Å². The van der Waals surface area contributed by atoms with E-state index in [2.05, 4.69) is 38.7 Å². The molecule has 2 saturated carbocycles. The van der Waals surface area contributed by atoms with Crippen molar-refractivity contribution < 1.29 is 0 Å². The van der Waals surface area contributed by atoms with Gasteiger partial charge in [-0.2, -0.15) is 0 Å². The van der Waals surface area contributed by atoms with Crippen molar-refractivity contribution in [3.63, 3.8) is 0 Å². The molecule has 1 aromatic rings. The van der Waals surface area contributed by atoms with Gasteiger partial charge in [-0.15, -0.1) is 0 Å². The zero-order valence-electron chi connectivity index (χ0n) is 10.5. The molecule has 1 aromatic heterocycles. The summed E-state index contributed by atoms with van der Waals surface area (Å²) in [5.74, 6) is 3.25. The van der Waals surface area contributed by atoms with Gasteiger partial charge in [0.1, 0.15) is 5.82 Å². The minimum atomic E-state index is 0.578. The fourth-order valence-corrected chi connectivity index (χ4v) is 5.06. The molecular formula is C14H21BrN2. The minimum Gasteiger partial charge on any atom is -0.338 e. The van der Waals surface area contributed by atoms with Gasteiger partial charge in [0.25, 0.3) is 0 Å². The highest BCUT2D eigenvalue weighted by Crippen LogP contribution is 2.58. The molecular weight excluding hydrogens is 276 g/mol. The fourth-order valence-electron chi connectivity index (χ4n) is 4.09. The number of hydrogen-bond acceptors (Lipinski definition) is 1. The topological polar surface area (TPSA) is 17.8 Å². The lowest BCUT2D eigenvalue weighted by atomic mass is 9.72. The number of imidazole rings is 1. The summed E-state index contributed by atoms with van der Waals surface area (Å²) in [6.45, 7) is 0. The SMILES string of the molecule is Cn1ccnc1CCC1(CBr)CC2CCC1C2. The van der Waals surface area contributed by atoms with Crippen LogP contribution >= 0.6 is 15.9 Å². The van der Waals surface area contributed by atoms with Crippen molar-refractivity contribution in [2.24, 2.45) is 24.3 Å². The molecule has 94 valence electrons. The Morgan fingerprint density at radius 3 is 2.94 bits per heavy atom. The van der Waals surface area contributed by atoms with Gasteiger partial charge < -0.3 is 4.57 Å². The number of rotatable bonds is 4. The first-order chi connectivity index (χ1) is 8.23. The number of alkyl halides is 1. The third-order valence-corrected chi connectivity index (χ3v) is 6.25. The second kappa shape index (κ2) is 4.42. The maximum Gasteiger partial charge on any atom is 0.108 e. The summed E-state index contributed by atoms with van der Waals surface area (Å²) in [4.78, 5) is 4.45. The molecule has 0 spiro atoms. The van der Waals surface area contributed by atoms with Gasteiger partial charge in [0.05, 0.1) is 0 Å². The number of aromatic nitrogens is 2. The van der Waals surface area contributed by atoms with E-state index in [1.807, 2.05) is 6.20 Å². The predicted octanol–water partition coefficient (Wildman–Crippen LogP) is 3.55. The summed E-state index contributed by atoms with van der Waals surface area (Å²) < 4.78 is 2.16. The molecule has 3 unspecified atom stereocenters. The summed E-state index contributed by atoms with van der Waals surface area (Å²) in [5.41, 5.74) is 0.578. The zero-order valence-corrected chi connectivity index (χ0v) is 12.1. The molecule has 1 heterocycles. The highest BCUT2D eigenvalue weighted by Gasteiger charge is 2.49. The van der Waals surface area contributed by atoms with Crippen LogP contribution in [0.25, 0.3) is 0 Å². The minimum absolute atomic E-state index is 0.578. The second-order valence-electron chi connectivity index (χ2n) is 6.03. The van der Waals surface area contributed by atoms with E-state index in [1.54, 1.807) is 0 Å². The standard InChI is InChI=1S/C14H21BrN2/c1-17-7-6-16-13(17)4-5-14(10-15)9-11-2-3-12(14)8-11/h6-7,11-12H,2-5,8-10H2,1H3. The van der Waals surface area contributed by atoms with Crippen LogP contribution in [0.15, 0.2) is 12.4 Å². The monoisotopic (exact) mass is 296 g/mol. The molecule has 2 bridgehead atoms. The van der Waals surface area contributed by atoms with Crippen LogP contribution in [0.3, 0.4) is 0 Å². The molecule has 2 nitrogen and oxygen atoms in total. The summed E-state index contributed by atoms with van der Waals surface area (Å²) in [7, 11) is 2.10. The first kappa shape index (κ1) is 11.8. The molecule has 3 rings (SSSR count). The molecule has 0 amide bonds. The van der Waals surface area contributed by atoms with Gasteiger partial charge in [0.15, 0.2) is 0 Å². The molecule has 3 heteroatoms. The summed E-state index contributed by atoms with van der Waals surface area (Å²) >= 11 is 3.79. The largest absolute Gasteiger partial charge is 0.338 e. The van der Waals surface area contributed by atoms with Gasteiger partial charge in [-0.25, -0.2) is 4.98 Å². The van der Waals surface area contributed by atoms with Crippen LogP contribution in [-0.2, 0) is 13.5 Å². The second-order valence-corrected chi connectivity index (χ2v) is 6.59. The van der Waals surface area contributed by atoms with Crippen molar-refractivity contribution in [1.82, 2.24) is 9.55 Å². The van der Waals surface area contributed by atoms with Crippen molar-refractivity contribution in [3.8, 4) is 0 Å².